The van der Waals surface area contributed by atoms with Gasteiger partial charge in [0.1, 0.15) is 5.78 Å². The van der Waals surface area contributed by atoms with E-state index in [9.17, 15) is 4.79 Å². The summed E-state index contributed by atoms with van der Waals surface area (Å²) in [6.45, 7) is 7.18. The molecule has 0 aromatic rings. The van der Waals surface area contributed by atoms with Gasteiger partial charge in [0.2, 0.25) is 0 Å². The van der Waals surface area contributed by atoms with E-state index in [0.717, 1.165) is 38.6 Å². The smallest absolute Gasteiger partial charge is 0.133 e. The van der Waals surface area contributed by atoms with Gasteiger partial charge in [-0.1, -0.05) is 27.2 Å². The summed E-state index contributed by atoms with van der Waals surface area (Å²) in [5, 5.41) is 0. The maximum absolute atomic E-state index is 11.5. The van der Waals surface area contributed by atoms with Crippen molar-refractivity contribution in [2.75, 3.05) is 6.54 Å². The summed E-state index contributed by atoms with van der Waals surface area (Å²) in [6, 6.07) is 0. The maximum atomic E-state index is 11.5. The van der Waals surface area contributed by atoms with Gasteiger partial charge in [-0.2, -0.15) is 0 Å². The Hall–Kier alpha value is -0.370. The highest BCUT2D eigenvalue weighted by Crippen LogP contribution is 2.14. The molecule has 84 valence electrons. The normalized spacial score (nSPS) is 15.1. The van der Waals surface area contributed by atoms with Crippen LogP contribution in [0.2, 0.25) is 0 Å². The maximum Gasteiger partial charge on any atom is 0.133 e. The summed E-state index contributed by atoms with van der Waals surface area (Å²) in [4.78, 5) is 11.5. The lowest BCUT2D eigenvalue weighted by Gasteiger charge is -2.10. The largest absolute Gasteiger partial charge is 0.330 e. The minimum absolute atomic E-state index is 0.420. The van der Waals surface area contributed by atoms with E-state index in [1.807, 2.05) is 0 Å². The molecule has 0 aliphatic carbocycles. The van der Waals surface area contributed by atoms with Crippen LogP contribution in [0.3, 0.4) is 0 Å². The lowest BCUT2D eigenvalue weighted by atomic mass is 9.95. The second-order valence-electron chi connectivity index (χ2n) is 4.48. The Morgan fingerprint density at radius 3 is 2.36 bits per heavy atom. The fraction of sp³-hybridized carbons (Fsp3) is 0.917. The molecule has 0 saturated carbocycles. The molecule has 0 fully saturated rings. The van der Waals surface area contributed by atoms with Crippen molar-refractivity contribution < 1.29 is 4.79 Å². The van der Waals surface area contributed by atoms with Gasteiger partial charge in [0.25, 0.3) is 0 Å². The van der Waals surface area contributed by atoms with Crippen molar-refractivity contribution in [3.8, 4) is 0 Å². The van der Waals surface area contributed by atoms with Crippen molar-refractivity contribution in [1.82, 2.24) is 0 Å². The van der Waals surface area contributed by atoms with Gasteiger partial charge in [-0.15, -0.1) is 0 Å². The summed E-state index contributed by atoms with van der Waals surface area (Å²) >= 11 is 0. The van der Waals surface area contributed by atoms with Gasteiger partial charge in [-0.25, -0.2) is 0 Å². The Labute approximate surface area is 88.3 Å². The molecule has 0 aliphatic heterocycles. The summed E-state index contributed by atoms with van der Waals surface area (Å²) in [7, 11) is 0. The molecule has 0 bridgehead atoms. The van der Waals surface area contributed by atoms with Crippen LogP contribution in [-0.2, 0) is 4.79 Å². The first-order chi connectivity index (χ1) is 6.60. The van der Waals surface area contributed by atoms with Crippen LogP contribution in [0, 0.1) is 11.8 Å². The van der Waals surface area contributed by atoms with Crippen molar-refractivity contribution in [3.63, 3.8) is 0 Å². The Kier molecular flexibility index (Phi) is 7.77. The molecular formula is C12H25NO. The van der Waals surface area contributed by atoms with Crippen molar-refractivity contribution in [1.29, 1.82) is 0 Å². The van der Waals surface area contributed by atoms with E-state index in [1.165, 1.54) is 0 Å². The van der Waals surface area contributed by atoms with Crippen molar-refractivity contribution in [2.24, 2.45) is 17.6 Å². The zero-order valence-corrected chi connectivity index (χ0v) is 9.88. The molecule has 0 saturated heterocycles. The van der Waals surface area contributed by atoms with E-state index in [-0.39, 0.29) is 0 Å². The van der Waals surface area contributed by atoms with Crippen LogP contribution in [0.15, 0.2) is 0 Å². The Morgan fingerprint density at radius 2 is 1.86 bits per heavy atom. The van der Waals surface area contributed by atoms with Gasteiger partial charge in [-0.3, -0.25) is 4.79 Å². The van der Waals surface area contributed by atoms with Crippen molar-refractivity contribution >= 4 is 5.78 Å². The molecule has 0 amide bonds. The van der Waals surface area contributed by atoms with Crippen LogP contribution < -0.4 is 5.73 Å². The lowest BCUT2D eigenvalue weighted by molar-refractivity contribution is -0.120. The summed E-state index contributed by atoms with van der Waals surface area (Å²) in [6.07, 6.45) is 4.64. The average molecular weight is 199 g/mol. The summed E-state index contributed by atoms with van der Waals surface area (Å²) in [5.41, 5.74) is 5.45. The first-order valence-electron chi connectivity index (χ1n) is 5.81. The third-order valence-corrected chi connectivity index (χ3v) is 2.85. The molecule has 14 heavy (non-hydrogen) atoms. The number of rotatable bonds is 8. The van der Waals surface area contributed by atoms with Gasteiger partial charge in [0.05, 0.1) is 0 Å². The van der Waals surface area contributed by atoms with E-state index in [4.69, 9.17) is 5.73 Å². The molecule has 2 nitrogen and oxygen atoms in total. The average Bonchev–Trinajstić information content (AvgIpc) is 2.15. The van der Waals surface area contributed by atoms with Gasteiger partial charge in [0.15, 0.2) is 0 Å². The fourth-order valence-electron chi connectivity index (χ4n) is 1.47. The monoisotopic (exact) mass is 199 g/mol. The topological polar surface area (TPSA) is 43.1 Å². The van der Waals surface area contributed by atoms with Gasteiger partial charge in [0, 0.05) is 12.8 Å². The molecule has 2 atom stereocenters. The first-order valence-corrected chi connectivity index (χ1v) is 5.81. The molecule has 0 aromatic heterocycles. The lowest BCUT2D eigenvalue weighted by Crippen LogP contribution is -2.09. The van der Waals surface area contributed by atoms with E-state index in [1.54, 1.807) is 0 Å². The van der Waals surface area contributed by atoms with E-state index < -0.39 is 0 Å². The number of hydrogen-bond donors (Lipinski definition) is 1. The molecule has 0 aromatic carbocycles. The van der Waals surface area contributed by atoms with Crippen molar-refractivity contribution in [3.05, 3.63) is 0 Å². The fourth-order valence-corrected chi connectivity index (χ4v) is 1.47. The molecule has 0 radical (unpaired) electrons. The van der Waals surface area contributed by atoms with Gasteiger partial charge in [-0.05, 0) is 31.2 Å². The summed E-state index contributed by atoms with van der Waals surface area (Å²) < 4.78 is 0. The molecule has 2 heteroatoms. The van der Waals surface area contributed by atoms with Gasteiger partial charge >= 0.3 is 0 Å². The van der Waals surface area contributed by atoms with Crippen LogP contribution in [0.25, 0.3) is 0 Å². The Morgan fingerprint density at radius 1 is 1.21 bits per heavy atom. The van der Waals surface area contributed by atoms with E-state index >= 15 is 0 Å². The SMILES string of the molecule is CCC(C)CC(=O)CCC(C)CCN. The highest BCUT2D eigenvalue weighted by atomic mass is 16.1. The molecule has 2 unspecified atom stereocenters. The van der Waals surface area contributed by atoms with E-state index in [0.29, 0.717) is 17.6 Å². The highest BCUT2D eigenvalue weighted by molar-refractivity contribution is 5.78. The number of hydrogen-bond acceptors (Lipinski definition) is 2. The number of carbonyl (C=O) groups is 1. The third-order valence-electron chi connectivity index (χ3n) is 2.85. The highest BCUT2D eigenvalue weighted by Gasteiger charge is 2.09. The van der Waals surface area contributed by atoms with Crippen LogP contribution in [-0.4, -0.2) is 12.3 Å². The van der Waals surface area contributed by atoms with Crippen LogP contribution >= 0.6 is 0 Å². The van der Waals surface area contributed by atoms with Crippen molar-refractivity contribution in [2.45, 2.75) is 52.9 Å². The second-order valence-corrected chi connectivity index (χ2v) is 4.48. The minimum atomic E-state index is 0.420. The van der Waals surface area contributed by atoms with Crippen LogP contribution in [0.4, 0.5) is 0 Å². The second kappa shape index (κ2) is 7.98. The Balaban J connectivity index is 3.53. The van der Waals surface area contributed by atoms with Crippen LogP contribution in [0.1, 0.15) is 52.9 Å². The molecule has 2 N–H and O–H groups in total. The van der Waals surface area contributed by atoms with Gasteiger partial charge < -0.3 is 5.73 Å². The first kappa shape index (κ1) is 13.6. The standard InChI is InChI=1S/C12H25NO/c1-4-10(2)9-12(14)6-5-11(3)7-8-13/h10-11H,4-9,13H2,1-3H3. The molecule has 0 rings (SSSR count). The molecular weight excluding hydrogens is 174 g/mol. The predicted octanol–water partition coefficient (Wildman–Crippen LogP) is 2.76. The molecule has 0 spiro atoms. The third kappa shape index (κ3) is 7.07. The molecule has 0 heterocycles. The summed E-state index contributed by atoms with van der Waals surface area (Å²) in [5.74, 6) is 1.57. The number of ketones is 1. The Bertz CT molecular complexity index is 156. The zero-order valence-electron chi connectivity index (χ0n) is 9.88. The molecule has 0 aliphatic rings. The number of nitrogens with two attached hydrogens (primary N) is 1. The van der Waals surface area contributed by atoms with E-state index in [2.05, 4.69) is 20.8 Å². The van der Waals surface area contributed by atoms with Crippen LogP contribution in [0.5, 0.6) is 0 Å². The number of carbonyl (C=O) groups excluding carboxylic acids is 1. The quantitative estimate of drug-likeness (QED) is 0.653. The predicted molar refractivity (Wildman–Crippen MR) is 61.1 cm³/mol. The number of Topliss-reactive ketones (excluding diaryl/α,β-unsaturated/α-hetero) is 1. The minimum Gasteiger partial charge on any atom is -0.330 e. The zero-order chi connectivity index (χ0) is 11.0.